The Morgan fingerprint density at radius 1 is 0.679 bits per heavy atom. The van der Waals surface area contributed by atoms with E-state index in [4.69, 9.17) is 0 Å². The van der Waals surface area contributed by atoms with E-state index in [1.807, 2.05) is 54.2 Å². The quantitative estimate of drug-likeness (QED) is 0.335. The Labute approximate surface area is 173 Å². The highest BCUT2D eigenvalue weighted by Gasteiger charge is 2.42. The fourth-order valence-electron chi connectivity index (χ4n) is 4.27. The monoisotopic (exact) mass is 406 g/mol. The van der Waals surface area contributed by atoms with Crippen LogP contribution < -0.4 is 10.6 Å². The molecule has 28 heavy (non-hydrogen) atoms. The molecule has 4 rings (SSSR count). The van der Waals surface area contributed by atoms with Gasteiger partial charge in [-0.15, -0.1) is 11.8 Å². The van der Waals surface area contributed by atoms with Crippen LogP contribution in [0.1, 0.15) is 32.1 Å². The predicted octanol–water partition coefficient (Wildman–Crippen LogP) is 6.70. The van der Waals surface area contributed by atoms with E-state index >= 15 is 0 Å². The number of hydrogen-bond donors (Lipinski definition) is 0. The van der Waals surface area contributed by atoms with Gasteiger partial charge in [0, 0.05) is 15.5 Å². The van der Waals surface area contributed by atoms with Crippen molar-refractivity contribution in [2.45, 2.75) is 42.0 Å². The zero-order chi connectivity index (χ0) is 19.2. The number of thioether (sulfide) groups is 1. The zero-order valence-electron chi connectivity index (χ0n) is 16.1. The summed E-state index contributed by atoms with van der Waals surface area (Å²) >= 11 is 1.83. The molecule has 1 aliphatic rings. The molecule has 3 aromatic rings. The Kier molecular flexibility index (Phi) is 6.40. The second-order valence-corrected chi connectivity index (χ2v) is 12.0. The molecule has 0 aliphatic heterocycles. The first-order chi connectivity index (χ1) is 13.8. The lowest BCUT2D eigenvalue weighted by Gasteiger charge is -2.36. The molecule has 1 fully saturated rings. The summed E-state index contributed by atoms with van der Waals surface area (Å²) in [7, 11) is -2.81. The molecule has 1 saturated carbocycles. The van der Waals surface area contributed by atoms with Gasteiger partial charge in [-0.1, -0.05) is 98.1 Å². The molecule has 0 aromatic heterocycles. The maximum Gasteiger partial charge on any atom is 0.156 e. The van der Waals surface area contributed by atoms with Crippen molar-refractivity contribution in [2.24, 2.45) is 5.92 Å². The molecule has 3 aromatic carbocycles. The Morgan fingerprint density at radius 3 is 1.64 bits per heavy atom. The molecule has 0 amide bonds. The molecule has 0 radical (unpaired) electrons. The first kappa shape index (κ1) is 19.6. The molecule has 1 atom stereocenters. The summed E-state index contributed by atoms with van der Waals surface area (Å²) in [5.41, 5.74) is 0. The topological polar surface area (TPSA) is 17.1 Å². The third-order valence-corrected chi connectivity index (χ3v) is 11.3. The first-order valence-corrected chi connectivity index (χ1v) is 12.9. The number of rotatable bonds is 6. The van der Waals surface area contributed by atoms with Gasteiger partial charge in [0.25, 0.3) is 0 Å². The molecule has 0 N–H and O–H groups in total. The minimum Gasteiger partial charge on any atom is -0.312 e. The standard InChI is InChI=1S/C25H27OPS/c26-27(22-15-7-2-8-16-22,23-17-9-3-10-18-23)25(21-13-5-1-6-14-21)28-24-19-11-4-12-20-24/h2-4,7-12,15-21,25H,1,5-6,13-14H2. The summed E-state index contributed by atoms with van der Waals surface area (Å²) in [5, 5.41) is 1.97. The van der Waals surface area contributed by atoms with Gasteiger partial charge in [0.1, 0.15) is 0 Å². The molecule has 0 saturated heterocycles. The van der Waals surface area contributed by atoms with Gasteiger partial charge >= 0.3 is 0 Å². The molecule has 0 heterocycles. The Balaban J connectivity index is 1.84. The molecular weight excluding hydrogens is 379 g/mol. The van der Waals surface area contributed by atoms with Gasteiger partial charge in [0.15, 0.2) is 7.14 Å². The van der Waals surface area contributed by atoms with E-state index in [0.717, 1.165) is 10.6 Å². The minimum absolute atomic E-state index is 0.0694. The van der Waals surface area contributed by atoms with Crippen LogP contribution in [0.15, 0.2) is 95.9 Å². The summed E-state index contributed by atoms with van der Waals surface area (Å²) in [4.78, 5) is 1.28. The van der Waals surface area contributed by atoms with E-state index in [0.29, 0.717) is 5.92 Å². The van der Waals surface area contributed by atoms with Crippen molar-refractivity contribution in [2.75, 3.05) is 0 Å². The average Bonchev–Trinajstić information content (AvgIpc) is 2.79. The van der Waals surface area contributed by atoms with E-state index in [1.165, 1.54) is 37.0 Å². The Hall–Kier alpha value is -1.76. The van der Waals surface area contributed by atoms with Crippen LogP contribution in [0.2, 0.25) is 0 Å². The van der Waals surface area contributed by atoms with Gasteiger partial charge in [0.05, 0.1) is 4.99 Å². The highest BCUT2D eigenvalue weighted by Crippen LogP contribution is 2.59. The highest BCUT2D eigenvalue weighted by molar-refractivity contribution is 8.08. The molecule has 144 valence electrons. The zero-order valence-corrected chi connectivity index (χ0v) is 17.8. The van der Waals surface area contributed by atoms with Crippen molar-refractivity contribution in [1.82, 2.24) is 0 Å². The number of hydrogen-bond acceptors (Lipinski definition) is 2. The molecular formula is C25H27OPS. The SMILES string of the molecule is O=P(c1ccccc1)(c1ccccc1)C(Sc1ccccc1)C1CCCCC1. The number of benzene rings is 3. The molecule has 1 nitrogen and oxygen atoms in total. The van der Waals surface area contributed by atoms with Crippen molar-refractivity contribution in [3.8, 4) is 0 Å². The molecule has 0 spiro atoms. The Morgan fingerprint density at radius 2 is 1.14 bits per heavy atom. The summed E-state index contributed by atoms with van der Waals surface area (Å²) in [6, 6.07) is 30.9. The van der Waals surface area contributed by atoms with Gasteiger partial charge in [-0.05, 0) is 30.9 Å². The van der Waals surface area contributed by atoms with E-state index in [1.54, 1.807) is 0 Å². The first-order valence-electron chi connectivity index (χ1n) is 10.2. The third kappa shape index (κ3) is 4.14. The van der Waals surface area contributed by atoms with Gasteiger partial charge in [-0.2, -0.15) is 0 Å². The van der Waals surface area contributed by atoms with Crippen LogP contribution >= 0.6 is 18.9 Å². The van der Waals surface area contributed by atoms with Gasteiger partial charge in [-0.3, -0.25) is 0 Å². The third-order valence-electron chi connectivity index (χ3n) is 5.69. The average molecular weight is 407 g/mol. The van der Waals surface area contributed by atoms with Crippen LogP contribution in [-0.2, 0) is 4.57 Å². The maximum atomic E-state index is 15.0. The van der Waals surface area contributed by atoms with Crippen LogP contribution in [0.3, 0.4) is 0 Å². The smallest absolute Gasteiger partial charge is 0.156 e. The molecule has 3 heteroatoms. The lowest BCUT2D eigenvalue weighted by atomic mass is 9.91. The predicted molar refractivity (Wildman–Crippen MR) is 122 cm³/mol. The summed E-state index contributed by atoms with van der Waals surface area (Å²) < 4.78 is 15.0. The minimum atomic E-state index is -2.81. The fourth-order valence-corrected chi connectivity index (χ4v) is 10.0. The highest BCUT2D eigenvalue weighted by atomic mass is 32.2. The van der Waals surface area contributed by atoms with Crippen LogP contribution in [-0.4, -0.2) is 4.99 Å². The van der Waals surface area contributed by atoms with Crippen LogP contribution in [0, 0.1) is 5.92 Å². The van der Waals surface area contributed by atoms with Crippen molar-refractivity contribution >= 4 is 29.5 Å². The van der Waals surface area contributed by atoms with E-state index in [-0.39, 0.29) is 4.99 Å². The largest absolute Gasteiger partial charge is 0.312 e. The lowest BCUT2D eigenvalue weighted by Crippen LogP contribution is -2.30. The van der Waals surface area contributed by atoms with E-state index in [2.05, 4.69) is 48.5 Å². The molecule has 0 bridgehead atoms. The van der Waals surface area contributed by atoms with Gasteiger partial charge < -0.3 is 4.57 Å². The molecule has 1 aliphatic carbocycles. The van der Waals surface area contributed by atoms with Crippen LogP contribution in [0.25, 0.3) is 0 Å². The van der Waals surface area contributed by atoms with Crippen molar-refractivity contribution < 1.29 is 4.57 Å². The summed E-state index contributed by atoms with van der Waals surface area (Å²) in [6.07, 6.45) is 6.16. The van der Waals surface area contributed by atoms with Gasteiger partial charge in [0.2, 0.25) is 0 Å². The van der Waals surface area contributed by atoms with E-state index in [9.17, 15) is 4.57 Å². The van der Waals surface area contributed by atoms with E-state index < -0.39 is 7.14 Å². The fraction of sp³-hybridized carbons (Fsp3) is 0.280. The Bertz CT molecular complexity index is 862. The van der Waals surface area contributed by atoms with Crippen LogP contribution in [0.4, 0.5) is 0 Å². The lowest BCUT2D eigenvalue weighted by molar-refractivity contribution is 0.375. The van der Waals surface area contributed by atoms with Gasteiger partial charge in [-0.25, -0.2) is 0 Å². The normalized spacial score (nSPS) is 16.6. The van der Waals surface area contributed by atoms with Crippen molar-refractivity contribution in [1.29, 1.82) is 0 Å². The second-order valence-electron chi connectivity index (χ2n) is 7.55. The maximum absolute atomic E-state index is 15.0. The summed E-state index contributed by atoms with van der Waals surface area (Å²) in [5.74, 6) is 0.477. The van der Waals surface area contributed by atoms with Crippen molar-refractivity contribution in [3.05, 3.63) is 91.0 Å². The van der Waals surface area contributed by atoms with Crippen LogP contribution in [0.5, 0.6) is 0 Å². The summed E-state index contributed by atoms with van der Waals surface area (Å²) in [6.45, 7) is 0. The van der Waals surface area contributed by atoms with Crippen molar-refractivity contribution in [3.63, 3.8) is 0 Å². The molecule has 1 unspecified atom stereocenters. The second kappa shape index (κ2) is 9.16.